The predicted octanol–water partition coefficient (Wildman–Crippen LogP) is 3.31. The third kappa shape index (κ3) is 4.29. The maximum absolute atomic E-state index is 12.5. The average molecular weight is 301 g/mol. The Hall–Kier alpha value is -1.44. The monoisotopic (exact) mass is 301 g/mol. The van der Waals surface area contributed by atoms with Crippen LogP contribution in [0, 0.1) is 5.92 Å². The smallest absolute Gasteiger partial charge is 0.402 e. The van der Waals surface area contributed by atoms with Crippen LogP contribution in [-0.4, -0.2) is 25.5 Å². The largest absolute Gasteiger partial charge is 0.497 e. The van der Waals surface area contributed by atoms with Gasteiger partial charge in [0.15, 0.2) is 5.92 Å². The van der Waals surface area contributed by atoms with Crippen LogP contribution in [0.1, 0.15) is 5.56 Å². The Balaban J connectivity index is 2.94. The van der Waals surface area contributed by atoms with E-state index in [-0.39, 0.29) is 5.56 Å². The molecular formula is C12H13F6NO. The number of alkyl halides is 6. The summed E-state index contributed by atoms with van der Waals surface area (Å²) in [5.41, 5.74) is 5.38. The van der Waals surface area contributed by atoms with Crippen molar-refractivity contribution in [1.29, 1.82) is 0 Å². The lowest BCUT2D eigenvalue weighted by atomic mass is 9.93. The quantitative estimate of drug-likeness (QED) is 0.866. The summed E-state index contributed by atoms with van der Waals surface area (Å²) in [5.74, 6) is -3.22. The highest BCUT2D eigenvalue weighted by Gasteiger charge is 2.59. The van der Waals surface area contributed by atoms with Crippen LogP contribution in [0.3, 0.4) is 0 Å². The molecule has 0 aliphatic rings. The number of ether oxygens (including phenoxy) is 1. The Morgan fingerprint density at radius 1 is 1.10 bits per heavy atom. The van der Waals surface area contributed by atoms with Crippen LogP contribution < -0.4 is 10.5 Å². The van der Waals surface area contributed by atoms with Crippen molar-refractivity contribution in [3.63, 3.8) is 0 Å². The van der Waals surface area contributed by atoms with E-state index in [4.69, 9.17) is 10.5 Å². The Morgan fingerprint density at radius 2 is 1.65 bits per heavy atom. The zero-order valence-electron chi connectivity index (χ0n) is 10.4. The minimum atomic E-state index is -5.43. The standard InChI is InChI=1S/C12H13F6NO/c1-20-8-4-2-3-7(5-8)6-9(19)10(11(13,14)15)12(16,17)18/h2-5,9-10H,6,19H2,1H3. The van der Waals surface area contributed by atoms with Crippen LogP contribution in [0.2, 0.25) is 0 Å². The fraction of sp³-hybridized carbons (Fsp3) is 0.500. The highest BCUT2D eigenvalue weighted by atomic mass is 19.4. The molecule has 2 nitrogen and oxygen atoms in total. The summed E-state index contributed by atoms with van der Waals surface area (Å²) in [5, 5.41) is 0. The number of nitrogens with two attached hydrogens (primary N) is 1. The normalized spacial score (nSPS) is 14.4. The zero-order valence-corrected chi connectivity index (χ0v) is 10.4. The second kappa shape index (κ2) is 5.90. The molecule has 114 valence electrons. The van der Waals surface area contributed by atoms with Gasteiger partial charge in [0.05, 0.1) is 7.11 Å². The van der Waals surface area contributed by atoms with Gasteiger partial charge in [0, 0.05) is 6.04 Å². The summed E-state index contributed by atoms with van der Waals surface area (Å²) < 4.78 is 79.8. The van der Waals surface area contributed by atoms with Gasteiger partial charge in [0.2, 0.25) is 0 Å². The lowest BCUT2D eigenvalue weighted by Crippen LogP contribution is -2.49. The molecule has 0 aliphatic carbocycles. The summed E-state index contributed by atoms with van der Waals surface area (Å²) in [7, 11) is 1.34. The number of methoxy groups -OCH3 is 1. The summed E-state index contributed by atoms with van der Waals surface area (Å²) in [6.07, 6.45) is -11.4. The van der Waals surface area contributed by atoms with E-state index < -0.39 is 30.7 Å². The molecule has 1 aromatic carbocycles. The predicted molar refractivity (Wildman–Crippen MR) is 60.3 cm³/mol. The number of hydrogen-bond acceptors (Lipinski definition) is 2. The van der Waals surface area contributed by atoms with Gasteiger partial charge in [-0.05, 0) is 24.1 Å². The van der Waals surface area contributed by atoms with Crippen molar-refractivity contribution in [2.75, 3.05) is 7.11 Å². The highest BCUT2D eigenvalue weighted by molar-refractivity contribution is 5.29. The molecular weight excluding hydrogens is 288 g/mol. The molecule has 0 spiro atoms. The number of hydrogen-bond donors (Lipinski definition) is 1. The minimum absolute atomic E-state index is 0.246. The Kier molecular flexibility index (Phi) is 4.90. The first-order valence-electron chi connectivity index (χ1n) is 5.57. The van der Waals surface area contributed by atoms with Crippen LogP contribution in [0.25, 0.3) is 0 Å². The van der Waals surface area contributed by atoms with E-state index in [0.29, 0.717) is 5.75 Å². The van der Waals surface area contributed by atoms with E-state index in [1.165, 1.54) is 31.4 Å². The molecule has 1 rings (SSSR count). The molecule has 0 aromatic heterocycles. The van der Waals surface area contributed by atoms with Crippen LogP contribution in [0.4, 0.5) is 26.3 Å². The van der Waals surface area contributed by atoms with Crippen molar-refractivity contribution in [2.45, 2.75) is 24.8 Å². The summed E-state index contributed by atoms with van der Waals surface area (Å²) in [6.45, 7) is 0. The second-order valence-corrected chi connectivity index (χ2v) is 4.28. The van der Waals surface area contributed by atoms with Gasteiger partial charge in [-0.3, -0.25) is 0 Å². The van der Waals surface area contributed by atoms with E-state index in [2.05, 4.69) is 0 Å². The first kappa shape index (κ1) is 16.6. The van der Waals surface area contributed by atoms with Gasteiger partial charge in [-0.25, -0.2) is 0 Å². The van der Waals surface area contributed by atoms with E-state index >= 15 is 0 Å². The molecule has 0 bridgehead atoms. The van der Waals surface area contributed by atoms with E-state index in [1.807, 2.05) is 0 Å². The van der Waals surface area contributed by atoms with Gasteiger partial charge in [0.1, 0.15) is 5.75 Å². The molecule has 0 saturated heterocycles. The van der Waals surface area contributed by atoms with Crippen molar-refractivity contribution in [3.8, 4) is 5.75 Å². The first-order chi connectivity index (χ1) is 9.05. The summed E-state index contributed by atoms with van der Waals surface area (Å²) >= 11 is 0. The average Bonchev–Trinajstić information content (AvgIpc) is 2.24. The van der Waals surface area contributed by atoms with Gasteiger partial charge >= 0.3 is 12.4 Å². The van der Waals surface area contributed by atoms with Crippen molar-refractivity contribution in [3.05, 3.63) is 29.8 Å². The van der Waals surface area contributed by atoms with Crippen molar-refractivity contribution in [2.24, 2.45) is 11.7 Å². The van der Waals surface area contributed by atoms with Gasteiger partial charge in [-0.1, -0.05) is 12.1 Å². The number of rotatable bonds is 4. The Labute approximate surface area is 111 Å². The zero-order chi connectivity index (χ0) is 15.6. The molecule has 0 aliphatic heterocycles. The lowest BCUT2D eigenvalue weighted by molar-refractivity contribution is -0.289. The van der Waals surface area contributed by atoms with Gasteiger partial charge in [-0.15, -0.1) is 0 Å². The molecule has 8 heteroatoms. The molecule has 0 heterocycles. The lowest BCUT2D eigenvalue weighted by Gasteiger charge is -2.28. The fourth-order valence-corrected chi connectivity index (χ4v) is 1.86. The van der Waals surface area contributed by atoms with Gasteiger partial charge in [-0.2, -0.15) is 26.3 Å². The van der Waals surface area contributed by atoms with Crippen LogP contribution in [0.15, 0.2) is 24.3 Å². The van der Waals surface area contributed by atoms with E-state index in [0.717, 1.165) is 0 Å². The van der Waals surface area contributed by atoms with Crippen molar-refractivity contribution in [1.82, 2.24) is 0 Å². The number of halogens is 6. The highest BCUT2D eigenvalue weighted by Crippen LogP contribution is 2.41. The summed E-state index contributed by atoms with van der Waals surface area (Å²) in [6, 6.07) is 3.63. The fourth-order valence-electron chi connectivity index (χ4n) is 1.86. The minimum Gasteiger partial charge on any atom is -0.497 e. The maximum atomic E-state index is 12.5. The first-order valence-corrected chi connectivity index (χ1v) is 5.57. The third-order valence-corrected chi connectivity index (χ3v) is 2.74. The molecule has 1 unspecified atom stereocenters. The Bertz CT molecular complexity index is 428. The summed E-state index contributed by atoms with van der Waals surface area (Å²) in [4.78, 5) is 0. The third-order valence-electron chi connectivity index (χ3n) is 2.74. The maximum Gasteiger partial charge on any atom is 0.402 e. The van der Waals surface area contributed by atoms with Crippen LogP contribution in [0.5, 0.6) is 5.75 Å². The Morgan fingerprint density at radius 3 is 2.10 bits per heavy atom. The molecule has 20 heavy (non-hydrogen) atoms. The molecule has 0 saturated carbocycles. The number of benzene rings is 1. The molecule has 2 N–H and O–H groups in total. The van der Waals surface area contributed by atoms with Crippen LogP contribution >= 0.6 is 0 Å². The molecule has 0 radical (unpaired) electrons. The van der Waals surface area contributed by atoms with E-state index in [1.54, 1.807) is 0 Å². The SMILES string of the molecule is COc1cccc(CC(N)C(C(F)(F)F)C(F)(F)F)c1. The van der Waals surface area contributed by atoms with E-state index in [9.17, 15) is 26.3 Å². The molecule has 0 amide bonds. The van der Waals surface area contributed by atoms with Crippen molar-refractivity contribution < 1.29 is 31.1 Å². The molecule has 1 aromatic rings. The molecule has 0 fully saturated rings. The molecule has 1 atom stereocenters. The van der Waals surface area contributed by atoms with Gasteiger partial charge < -0.3 is 10.5 Å². The van der Waals surface area contributed by atoms with Crippen molar-refractivity contribution >= 4 is 0 Å². The van der Waals surface area contributed by atoms with Gasteiger partial charge in [0.25, 0.3) is 0 Å². The van der Waals surface area contributed by atoms with Crippen LogP contribution in [-0.2, 0) is 6.42 Å². The topological polar surface area (TPSA) is 35.2 Å². The second-order valence-electron chi connectivity index (χ2n) is 4.28.